The molecule has 7 atom stereocenters. The second kappa shape index (κ2) is 5.67. The Labute approximate surface area is 155 Å². The van der Waals surface area contributed by atoms with Gasteiger partial charge in [0.15, 0.2) is 0 Å². The Balaban J connectivity index is 2.23. The highest BCUT2D eigenvalue weighted by Crippen LogP contribution is 2.72. The van der Waals surface area contributed by atoms with E-state index in [9.17, 15) is 9.90 Å². The van der Waals surface area contributed by atoms with Crippen LogP contribution in [-0.4, -0.2) is 34.5 Å². The highest BCUT2D eigenvalue weighted by molar-refractivity contribution is 5.80. The monoisotopic (exact) mass is 358 g/mol. The molecule has 1 saturated heterocycles. The number of aliphatic hydroxyl groups is 1. The number of hydrogen-bond donors (Lipinski definition) is 2. The van der Waals surface area contributed by atoms with Gasteiger partial charge in [-0.15, -0.1) is 0 Å². The summed E-state index contributed by atoms with van der Waals surface area (Å²) in [5.74, 6) is -1.04. The van der Waals surface area contributed by atoms with Gasteiger partial charge in [-0.2, -0.15) is 0 Å². The predicted octanol–water partition coefficient (Wildman–Crippen LogP) is 3.89. The fraction of sp³-hybridized carbons (Fsp3) is 0.591. The van der Waals surface area contributed by atoms with E-state index in [1.807, 2.05) is 13.8 Å². The van der Waals surface area contributed by atoms with Crippen molar-refractivity contribution < 1.29 is 19.7 Å². The highest BCUT2D eigenvalue weighted by Gasteiger charge is 2.73. The standard InChI is InChI=1S/C22H30O4/c1-8-12(2)18-21(6)11-13(3)16-20(5,10-9-15(23)24)17(25)14(4)19(26-18)22(16,21)7/h8-11,16-19,25H,4H2,1-3,5-7H3,(H,23,24)/b10-9+,12-8+/t16-,17-,18-,19?,20+,21+,22-/m1/s1. The number of allylic oxidation sites excluding steroid dienone is 2. The van der Waals surface area contributed by atoms with E-state index in [1.165, 1.54) is 5.57 Å². The average Bonchev–Trinajstić information content (AvgIpc) is 2.91. The van der Waals surface area contributed by atoms with E-state index in [-0.39, 0.29) is 29.0 Å². The quantitative estimate of drug-likeness (QED) is 0.593. The molecule has 3 rings (SSSR count). The van der Waals surface area contributed by atoms with Crippen LogP contribution in [-0.2, 0) is 9.53 Å². The van der Waals surface area contributed by atoms with Crippen molar-refractivity contribution >= 4 is 5.97 Å². The molecule has 1 unspecified atom stereocenters. The number of aliphatic carboxylic acids is 1. The summed E-state index contributed by atoms with van der Waals surface area (Å²) in [7, 11) is 0. The topological polar surface area (TPSA) is 66.8 Å². The number of rotatable bonds is 3. The molecule has 3 aliphatic rings. The maximum atomic E-state index is 11.2. The summed E-state index contributed by atoms with van der Waals surface area (Å²) in [5, 5.41) is 20.3. The first-order chi connectivity index (χ1) is 11.9. The molecule has 0 aromatic rings. The lowest BCUT2D eigenvalue weighted by molar-refractivity contribution is -0.131. The number of aliphatic hydroxyl groups excluding tert-OH is 1. The summed E-state index contributed by atoms with van der Waals surface area (Å²) >= 11 is 0. The molecule has 1 heterocycles. The van der Waals surface area contributed by atoms with E-state index in [4.69, 9.17) is 9.84 Å². The number of hydrogen-bond acceptors (Lipinski definition) is 3. The van der Waals surface area contributed by atoms with Crippen molar-refractivity contribution in [2.45, 2.75) is 59.9 Å². The predicted molar refractivity (Wildman–Crippen MR) is 102 cm³/mol. The Kier molecular flexibility index (Phi) is 4.17. The molecule has 0 bridgehead atoms. The lowest BCUT2D eigenvalue weighted by Crippen LogP contribution is -2.58. The minimum absolute atomic E-state index is 0.0317. The van der Waals surface area contributed by atoms with Crippen molar-refractivity contribution in [2.75, 3.05) is 0 Å². The number of carboxylic acid groups (broad SMARTS) is 1. The number of ether oxygens (including phenoxy) is 1. The maximum absolute atomic E-state index is 11.2. The summed E-state index contributed by atoms with van der Waals surface area (Å²) in [4.78, 5) is 11.2. The second-order valence-corrected chi connectivity index (χ2v) is 8.83. The smallest absolute Gasteiger partial charge is 0.327 e. The van der Waals surface area contributed by atoms with Crippen LogP contribution < -0.4 is 0 Å². The molecule has 0 spiro atoms. The molecule has 1 aliphatic heterocycles. The molecule has 0 amide bonds. The summed E-state index contributed by atoms with van der Waals surface area (Å²) in [6.07, 6.45) is 5.94. The first kappa shape index (κ1) is 19.1. The van der Waals surface area contributed by atoms with E-state index in [1.54, 1.807) is 6.08 Å². The van der Waals surface area contributed by atoms with E-state index in [2.05, 4.69) is 46.4 Å². The van der Waals surface area contributed by atoms with Crippen molar-refractivity contribution in [1.29, 1.82) is 0 Å². The van der Waals surface area contributed by atoms with Crippen molar-refractivity contribution in [3.05, 3.63) is 47.6 Å². The van der Waals surface area contributed by atoms with Gasteiger partial charge in [0.2, 0.25) is 0 Å². The van der Waals surface area contributed by atoms with Gasteiger partial charge in [-0.3, -0.25) is 0 Å². The Morgan fingerprint density at radius 3 is 2.50 bits per heavy atom. The van der Waals surface area contributed by atoms with Gasteiger partial charge < -0.3 is 14.9 Å². The molecule has 4 nitrogen and oxygen atoms in total. The van der Waals surface area contributed by atoms with Crippen LogP contribution in [0.5, 0.6) is 0 Å². The molecule has 1 saturated carbocycles. The van der Waals surface area contributed by atoms with Crippen LogP contribution in [0, 0.1) is 22.2 Å². The summed E-state index contributed by atoms with van der Waals surface area (Å²) in [5.41, 5.74) is 1.69. The Morgan fingerprint density at radius 2 is 1.96 bits per heavy atom. The van der Waals surface area contributed by atoms with Crippen LogP contribution >= 0.6 is 0 Å². The third-order valence-corrected chi connectivity index (χ3v) is 7.46. The average molecular weight is 358 g/mol. The van der Waals surface area contributed by atoms with E-state index < -0.39 is 17.5 Å². The van der Waals surface area contributed by atoms with Gasteiger partial charge in [-0.1, -0.05) is 51.2 Å². The molecular formula is C22H30O4. The summed E-state index contributed by atoms with van der Waals surface area (Å²) in [6.45, 7) is 16.7. The highest BCUT2D eigenvalue weighted by atomic mass is 16.5. The maximum Gasteiger partial charge on any atom is 0.327 e. The van der Waals surface area contributed by atoms with Gasteiger partial charge in [0.05, 0.1) is 18.3 Å². The van der Waals surface area contributed by atoms with Gasteiger partial charge in [-0.05, 0) is 31.9 Å². The SMILES string of the molecule is C=C1C2O[C@H](/C(C)=C/C)[C@]3(C)C=C(C)[C@H]([C@](C)(/C=C/C(=O)O)[C@@H]1O)[C@]23C. The zero-order valence-corrected chi connectivity index (χ0v) is 16.5. The normalized spacial score (nSPS) is 48.0. The molecular weight excluding hydrogens is 328 g/mol. The lowest BCUT2D eigenvalue weighted by Gasteiger charge is -2.56. The van der Waals surface area contributed by atoms with Gasteiger partial charge in [-0.25, -0.2) is 4.79 Å². The van der Waals surface area contributed by atoms with Crippen molar-refractivity contribution in [3.8, 4) is 0 Å². The van der Waals surface area contributed by atoms with Crippen LogP contribution in [0.15, 0.2) is 47.6 Å². The minimum atomic E-state index is -1.01. The molecule has 2 fully saturated rings. The molecule has 26 heavy (non-hydrogen) atoms. The van der Waals surface area contributed by atoms with Gasteiger partial charge in [0.1, 0.15) is 0 Å². The van der Waals surface area contributed by atoms with Gasteiger partial charge in [0, 0.05) is 28.2 Å². The molecule has 2 N–H and O–H groups in total. The fourth-order valence-corrected chi connectivity index (χ4v) is 6.19. The molecule has 2 aliphatic carbocycles. The van der Waals surface area contributed by atoms with E-state index >= 15 is 0 Å². The third kappa shape index (κ3) is 2.06. The van der Waals surface area contributed by atoms with Crippen LogP contribution in [0.4, 0.5) is 0 Å². The zero-order valence-electron chi connectivity index (χ0n) is 16.5. The van der Waals surface area contributed by atoms with Gasteiger partial charge >= 0.3 is 5.97 Å². The molecule has 0 aromatic heterocycles. The lowest BCUT2D eigenvalue weighted by atomic mass is 9.47. The van der Waals surface area contributed by atoms with Crippen molar-refractivity contribution in [3.63, 3.8) is 0 Å². The van der Waals surface area contributed by atoms with Crippen molar-refractivity contribution in [2.24, 2.45) is 22.2 Å². The Hall–Kier alpha value is -1.65. The molecule has 142 valence electrons. The second-order valence-electron chi connectivity index (χ2n) is 8.83. The summed E-state index contributed by atoms with van der Waals surface area (Å²) in [6, 6.07) is 0. The Bertz CT molecular complexity index is 760. The molecule has 4 heteroatoms. The molecule has 0 radical (unpaired) electrons. The summed E-state index contributed by atoms with van der Waals surface area (Å²) < 4.78 is 6.50. The Morgan fingerprint density at radius 1 is 1.35 bits per heavy atom. The van der Waals surface area contributed by atoms with Crippen LogP contribution in [0.1, 0.15) is 41.5 Å². The fourth-order valence-electron chi connectivity index (χ4n) is 6.19. The largest absolute Gasteiger partial charge is 0.478 e. The first-order valence-electron chi connectivity index (χ1n) is 9.21. The number of carbonyl (C=O) groups is 1. The first-order valence-corrected chi connectivity index (χ1v) is 9.21. The van der Waals surface area contributed by atoms with E-state index in [0.717, 1.165) is 11.6 Å². The van der Waals surface area contributed by atoms with Crippen LogP contribution in [0.3, 0.4) is 0 Å². The minimum Gasteiger partial charge on any atom is -0.478 e. The van der Waals surface area contributed by atoms with Crippen LogP contribution in [0.25, 0.3) is 0 Å². The third-order valence-electron chi connectivity index (χ3n) is 7.46. The van der Waals surface area contributed by atoms with Crippen molar-refractivity contribution in [1.82, 2.24) is 0 Å². The zero-order chi connectivity index (χ0) is 19.7. The van der Waals surface area contributed by atoms with E-state index in [0.29, 0.717) is 5.57 Å². The number of carboxylic acids is 1. The van der Waals surface area contributed by atoms with Crippen LogP contribution in [0.2, 0.25) is 0 Å². The molecule has 0 aromatic carbocycles. The van der Waals surface area contributed by atoms with Gasteiger partial charge in [0.25, 0.3) is 0 Å².